The summed E-state index contributed by atoms with van der Waals surface area (Å²) in [6, 6.07) is 9.52. The summed E-state index contributed by atoms with van der Waals surface area (Å²) >= 11 is 0. The maximum Gasteiger partial charge on any atom is 0.342 e. The quantitative estimate of drug-likeness (QED) is 0.789. The lowest BCUT2D eigenvalue weighted by atomic mass is 10.2. The number of hydrogen-bond acceptors (Lipinski definition) is 4. The number of rotatable bonds is 3. The van der Waals surface area contributed by atoms with Gasteiger partial charge in [0.05, 0.1) is 18.5 Å². The predicted octanol–water partition coefficient (Wildman–Crippen LogP) is 2.23. The van der Waals surface area contributed by atoms with E-state index in [0.29, 0.717) is 0 Å². The molecule has 1 aromatic heterocycles. The number of carbonyl (C=O) groups excluding carboxylic acids is 1. The van der Waals surface area contributed by atoms with Crippen LogP contribution in [0.25, 0.3) is 5.69 Å². The smallest absolute Gasteiger partial charge is 0.342 e. The van der Waals surface area contributed by atoms with Crippen LogP contribution in [0.15, 0.2) is 30.5 Å². The fourth-order valence-electron chi connectivity index (χ4n) is 1.70. The third kappa shape index (κ3) is 2.47. The molecule has 0 atom stereocenters. The number of nitriles is 1. The Morgan fingerprint density at radius 2 is 2.11 bits per heavy atom. The first kappa shape index (κ1) is 12.8. The van der Waals surface area contributed by atoms with Crippen LogP contribution in [-0.4, -0.2) is 22.4 Å². The molecule has 96 valence electrons. The van der Waals surface area contributed by atoms with Gasteiger partial charge in [-0.25, -0.2) is 9.48 Å². The molecule has 0 N–H and O–H groups in total. The molecule has 0 unspecified atom stereocenters. The fourth-order valence-corrected chi connectivity index (χ4v) is 1.70. The molecule has 19 heavy (non-hydrogen) atoms. The van der Waals surface area contributed by atoms with Crippen molar-refractivity contribution in [3.05, 3.63) is 47.3 Å². The molecule has 0 aliphatic rings. The van der Waals surface area contributed by atoms with E-state index in [2.05, 4.69) is 5.10 Å². The fraction of sp³-hybridized carbons (Fsp3) is 0.214. The Morgan fingerprint density at radius 1 is 1.42 bits per heavy atom. The number of benzene rings is 1. The van der Waals surface area contributed by atoms with E-state index < -0.39 is 5.97 Å². The molecule has 2 rings (SSSR count). The summed E-state index contributed by atoms with van der Waals surface area (Å²) < 4.78 is 6.33. The molecule has 1 aromatic carbocycles. The van der Waals surface area contributed by atoms with Crippen LogP contribution in [-0.2, 0) is 4.74 Å². The molecule has 2 aromatic rings. The highest BCUT2D eigenvalue weighted by atomic mass is 16.5. The summed E-state index contributed by atoms with van der Waals surface area (Å²) in [7, 11) is 0. The summed E-state index contributed by atoms with van der Waals surface area (Å²) in [4.78, 5) is 11.7. The second-order valence-corrected chi connectivity index (χ2v) is 3.99. The van der Waals surface area contributed by atoms with Gasteiger partial charge in [0.15, 0.2) is 5.69 Å². The Bertz CT molecular complexity index is 636. The van der Waals surface area contributed by atoms with Crippen molar-refractivity contribution in [2.75, 3.05) is 6.61 Å². The normalized spacial score (nSPS) is 9.95. The van der Waals surface area contributed by atoms with E-state index in [0.717, 1.165) is 11.3 Å². The number of hydrogen-bond donors (Lipinski definition) is 0. The van der Waals surface area contributed by atoms with E-state index in [4.69, 9.17) is 4.74 Å². The lowest BCUT2D eigenvalue weighted by molar-refractivity contribution is 0.0526. The van der Waals surface area contributed by atoms with E-state index in [1.807, 2.05) is 37.3 Å². The van der Waals surface area contributed by atoms with Gasteiger partial charge in [-0.2, -0.15) is 10.4 Å². The molecular weight excluding hydrogens is 242 g/mol. The zero-order valence-corrected chi connectivity index (χ0v) is 10.8. The average molecular weight is 255 g/mol. The molecule has 0 saturated carbocycles. The van der Waals surface area contributed by atoms with Crippen molar-refractivity contribution in [1.29, 1.82) is 5.26 Å². The molecule has 5 nitrogen and oxygen atoms in total. The Labute approximate surface area is 111 Å². The second kappa shape index (κ2) is 5.36. The molecule has 0 saturated heterocycles. The van der Waals surface area contributed by atoms with Crippen LogP contribution in [0.1, 0.15) is 28.5 Å². The highest BCUT2D eigenvalue weighted by Gasteiger charge is 2.19. The third-order valence-electron chi connectivity index (χ3n) is 2.65. The summed E-state index contributed by atoms with van der Waals surface area (Å²) in [5, 5.41) is 13.3. The molecular formula is C14H13N3O2. The van der Waals surface area contributed by atoms with Gasteiger partial charge in [-0.3, -0.25) is 0 Å². The highest BCUT2D eigenvalue weighted by Crippen LogP contribution is 2.15. The van der Waals surface area contributed by atoms with Gasteiger partial charge < -0.3 is 4.74 Å². The predicted molar refractivity (Wildman–Crippen MR) is 69.0 cm³/mol. The summed E-state index contributed by atoms with van der Waals surface area (Å²) in [5.41, 5.74) is 2.21. The first-order valence-electron chi connectivity index (χ1n) is 5.89. The molecule has 0 aliphatic carbocycles. The molecule has 0 aliphatic heterocycles. The van der Waals surface area contributed by atoms with Crippen LogP contribution in [0.4, 0.5) is 0 Å². The van der Waals surface area contributed by atoms with Crippen LogP contribution in [0, 0.1) is 18.3 Å². The molecule has 0 amide bonds. The zero-order valence-electron chi connectivity index (χ0n) is 10.8. The SMILES string of the molecule is CCOC(=O)c1cnn(-c2ccc(C)cc2)c1C#N. The topological polar surface area (TPSA) is 67.9 Å². The van der Waals surface area contributed by atoms with Crippen molar-refractivity contribution in [3.63, 3.8) is 0 Å². The van der Waals surface area contributed by atoms with Crippen molar-refractivity contribution in [2.45, 2.75) is 13.8 Å². The monoisotopic (exact) mass is 255 g/mol. The van der Waals surface area contributed by atoms with Crippen molar-refractivity contribution in [2.24, 2.45) is 0 Å². The van der Waals surface area contributed by atoms with Crippen molar-refractivity contribution < 1.29 is 9.53 Å². The third-order valence-corrected chi connectivity index (χ3v) is 2.65. The van der Waals surface area contributed by atoms with Crippen molar-refractivity contribution in [1.82, 2.24) is 9.78 Å². The Balaban J connectivity index is 2.46. The number of aryl methyl sites for hydroxylation is 1. The van der Waals surface area contributed by atoms with E-state index in [1.54, 1.807) is 6.92 Å². The Morgan fingerprint density at radius 3 is 2.68 bits per heavy atom. The van der Waals surface area contributed by atoms with E-state index >= 15 is 0 Å². The Kier molecular flexibility index (Phi) is 3.62. The van der Waals surface area contributed by atoms with Crippen LogP contribution in [0.3, 0.4) is 0 Å². The second-order valence-electron chi connectivity index (χ2n) is 3.99. The highest BCUT2D eigenvalue weighted by molar-refractivity contribution is 5.91. The number of ether oxygens (including phenoxy) is 1. The summed E-state index contributed by atoms with van der Waals surface area (Å²) in [5.74, 6) is -0.530. The van der Waals surface area contributed by atoms with Gasteiger partial charge in [-0.15, -0.1) is 0 Å². The first-order valence-corrected chi connectivity index (χ1v) is 5.89. The van der Waals surface area contributed by atoms with Crippen LogP contribution in [0.5, 0.6) is 0 Å². The number of aromatic nitrogens is 2. The van der Waals surface area contributed by atoms with Gasteiger partial charge in [0.25, 0.3) is 0 Å². The van der Waals surface area contributed by atoms with Gasteiger partial charge in [0.1, 0.15) is 11.6 Å². The zero-order chi connectivity index (χ0) is 13.8. The average Bonchev–Trinajstić information content (AvgIpc) is 2.83. The lowest BCUT2D eigenvalue weighted by Crippen LogP contribution is -2.07. The molecule has 5 heteroatoms. The van der Waals surface area contributed by atoms with E-state index in [9.17, 15) is 10.1 Å². The van der Waals surface area contributed by atoms with Crippen molar-refractivity contribution in [3.8, 4) is 11.8 Å². The van der Waals surface area contributed by atoms with E-state index in [1.165, 1.54) is 10.9 Å². The van der Waals surface area contributed by atoms with Crippen LogP contribution >= 0.6 is 0 Å². The Hall–Kier alpha value is -2.61. The minimum atomic E-state index is -0.530. The molecule has 0 spiro atoms. The van der Waals surface area contributed by atoms with Gasteiger partial charge in [-0.1, -0.05) is 17.7 Å². The summed E-state index contributed by atoms with van der Waals surface area (Å²) in [6.07, 6.45) is 1.36. The van der Waals surface area contributed by atoms with Gasteiger partial charge in [0, 0.05) is 0 Å². The largest absolute Gasteiger partial charge is 0.462 e. The number of nitrogens with zero attached hydrogens (tertiary/aromatic N) is 3. The van der Waals surface area contributed by atoms with Crippen LogP contribution < -0.4 is 0 Å². The molecule has 0 bridgehead atoms. The van der Waals surface area contributed by atoms with Crippen molar-refractivity contribution >= 4 is 5.97 Å². The molecule has 0 fully saturated rings. The molecule has 0 radical (unpaired) electrons. The van der Waals surface area contributed by atoms with Gasteiger partial charge >= 0.3 is 5.97 Å². The van der Waals surface area contributed by atoms with Crippen LogP contribution in [0.2, 0.25) is 0 Å². The van der Waals surface area contributed by atoms with Gasteiger partial charge in [0.2, 0.25) is 0 Å². The number of esters is 1. The lowest BCUT2D eigenvalue weighted by Gasteiger charge is -2.04. The maximum atomic E-state index is 11.7. The summed E-state index contributed by atoms with van der Waals surface area (Å²) in [6.45, 7) is 3.95. The van der Waals surface area contributed by atoms with Gasteiger partial charge in [-0.05, 0) is 26.0 Å². The number of carbonyl (C=O) groups is 1. The first-order chi connectivity index (χ1) is 9.17. The standard InChI is InChI=1S/C14H13N3O2/c1-3-19-14(18)12-9-16-17(13(12)8-15)11-6-4-10(2)5-7-11/h4-7,9H,3H2,1-2H3. The van der Waals surface area contributed by atoms with E-state index in [-0.39, 0.29) is 17.9 Å². The maximum absolute atomic E-state index is 11.7. The minimum Gasteiger partial charge on any atom is -0.462 e. The molecule has 1 heterocycles. The minimum absolute atomic E-state index is 0.183.